The topological polar surface area (TPSA) is 81.6 Å². The van der Waals surface area contributed by atoms with Crippen LogP contribution < -0.4 is 11.5 Å². The summed E-state index contributed by atoms with van der Waals surface area (Å²) in [6, 6.07) is 0. The Labute approximate surface area is 83.0 Å². The van der Waals surface area contributed by atoms with E-state index in [0.717, 1.165) is 13.1 Å². The van der Waals surface area contributed by atoms with Gasteiger partial charge in [-0.3, -0.25) is 4.79 Å². The maximum Gasteiger partial charge on any atom is 0.165 e. The molecule has 0 saturated carbocycles. The summed E-state index contributed by atoms with van der Waals surface area (Å²) in [6.07, 6.45) is 3.72. The van der Waals surface area contributed by atoms with Crippen molar-refractivity contribution in [3.05, 3.63) is 23.7 Å². The van der Waals surface area contributed by atoms with E-state index in [2.05, 4.69) is 0 Å². The Kier molecular flexibility index (Phi) is 4.00. The predicted octanol–water partition coefficient (Wildman–Crippen LogP) is -0.840. The summed E-state index contributed by atoms with van der Waals surface area (Å²) in [5, 5.41) is 0. The lowest BCUT2D eigenvalue weighted by Crippen LogP contribution is -2.38. The molecule has 0 radical (unpaired) electrons. The standard InChI is InChI=1S/C9H15N3O2/c10-8(7-13)1-2-9(11)12-3-5-14-6-4-12/h1-2,7H,3-6,10-11H2/b8-1-,9-2+. The highest BCUT2D eigenvalue weighted by Crippen LogP contribution is 2.02. The molecule has 0 atom stereocenters. The van der Waals surface area contributed by atoms with Crippen LogP contribution in [0.1, 0.15) is 0 Å². The molecular weight excluding hydrogens is 182 g/mol. The molecule has 4 N–H and O–H groups in total. The third kappa shape index (κ3) is 3.10. The van der Waals surface area contributed by atoms with E-state index in [1.165, 1.54) is 6.08 Å². The number of morpholine rings is 1. The number of hydrogen-bond donors (Lipinski definition) is 2. The Hall–Kier alpha value is -1.49. The first-order valence-corrected chi connectivity index (χ1v) is 4.45. The number of allylic oxidation sites excluding steroid dienone is 3. The van der Waals surface area contributed by atoms with Crippen LogP contribution in [-0.4, -0.2) is 37.5 Å². The number of nitrogens with two attached hydrogens (primary N) is 2. The lowest BCUT2D eigenvalue weighted by molar-refractivity contribution is -0.104. The van der Waals surface area contributed by atoms with Gasteiger partial charge < -0.3 is 21.1 Å². The minimum atomic E-state index is 0.168. The summed E-state index contributed by atoms with van der Waals surface area (Å²) >= 11 is 0. The molecule has 5 nitrogen and oxygen atoms in total. The van der Waals surface area contributed by atoms with Crippen molar-refractivity contribution in [1.82, 2.24) is 4.90 Å². The molecule has 1 heterocycles. The molecule has 1 rings (SSSR count). The molecule has 1 saturated heterocycles. The highest BCUT2D eigenvalue weighted by Gasteiger charge is 2.09. The van der Waals surface area contributed by atoms with Crippen molar-refractivity contribution in [2.24, 2.45) is 11.5 Å². The van der Waals surface area contributed by atoms with Crippen LogP contribution in [-0.2, 0) is 9.53 Å². The van der Waals surface area contributed by atoms with Gasteiger partial charge in [0, 0.05) is 13.1 Å². The van der Waals surface area contributed by atoms with Gasteiger partial charge >= 0.3 is 0 Å². The van der Waals surface area contributed by atoms with Crippen LogP contribution in [0.4, 0.5) is 0 Å². The van der Waals surface area contributed by atoms with E-state index in [0.29, 0.717) is 25.3 Å². The first-order valence-electron chi connectivity index (χ1n) is 4.45. The Balaban J connectivity index is 2.53. The second kappa shape index (κ2) is 5.29. The number of carbonyl (C=O) groups is 1. The van der Waals surface area contributed by atoms with Crippen molar-refractivity contribution in [3.63, 3.8) is 0 Å². The average Bonchev–Trinajstić information content (AvgIpc) is 2.26. The van der Waals surface area contributed by atoms with Crippen molar-refractivity contribution >= 4 is 6.29 Å². The molecule has 14 heavy (non-hydrogen) atoms. The van der Waals surface area contributed by atoms with Crippen molar-refractivity contribution < 1.29 is 9.53 Å². The number of carbonyl (C=O) groups excluding carboxylic acids is 1. The second-order valence-electron chi connectivity index (χ2n) is 2.98. The summed E-state index contributed by atoms with van der Waals surface area (Å²) < 4.78 is 5.18. The van der Waals surface area contributed by atoms with Gasteiger partial charge in [-0.05, 0) is 12.2 Å². The minimum absolute atomic E-state index is 0.168. The van der Waals surface area contributed by atoms with E-state index in [9.17, 15) is 4.79 Å². The molecular formula is C9H15N3O2. The van der Waals surface area contributed by atoms with Crippen LogP contribution >= 0.6 is 0 Å². The summed E-state index contributed by atoms with van der Waals surface area (Å²) in [7, 11) is 0. The van der Waals surface area contributed by atoms with Crippen molar-refractivity contribution in [2.75, 3.05) is 26.3 Å². The van der Waals surface area contributed by atoms with E-state index in [1.807, 2.05) is 4.90 Å². The fourth-order valence-corrected chi connectivity index (χ4v) is 1.15. The SMILES string of the molecule is N/C(C=O)=C\C=C(/N)N1CCOCC1. The number of ether oxygens (including phenoxy) is 1. The fraction of sp³-hybridized carbons (Fsp3) is 0.444. The summed E-state index contributed by atoms with van der Waals surface area (Å²) in [6.45, 7) is 2.91. The quantitative estimate of drug-likeness (QED) is 0.350. The van der Waals surface area contributed by atoms with E-state index in [-0.39, 0.29) is 5.70 Å². The van der Waals surface area contributed by atoms with Crippen LogP contribution in [0.15, 0.2) is 23.7 Å². The minimum Gasteiger partial charge on any atom is -0.396 e. The van der Waals surface area contributed by atoms with Gasteiger partial charge in [-0.2, -0.15) is 0 Å². The van der Waals surface area contributed by atoms with Gasteiger partial charge in [0.25, 0.3) is 0 Å². The fourth-order valence-electron chi connectivity index (χ4n) is 1.15. The van der Waals surface area contributed by atoms with Gasteiger partial charge in [0.15, 0.2) is 6.29 Å². The molecule has 78 valence electrons. The van der Waals surface area contributed by atoms with Gasteiger partial charge in [0.05, 0.1) is 24.7 Å². The van der Waals surface area contributed by atoms with Gasteiger partial charge in [-0.15, -0.1) is 0 Å². The van der Waals surface area contributed by atoms with Crippen molar-refractivity contribution in [2.45, 2.75) is 0 Å². The maximum atomic E-state index is 10.2. The Morgan fingerprint density at radius 3 is 2.43 bits per heavy atom. The molecule has 0 aromatic carbocycles. The van der Waals surface area contributed by atoms with Gasteiger partial charge in [-0.25, -0.2) is 0 Å². The van der Waals surface area contributed by atoms with Gasteiger partial charge in [0.1, 0.15) is 0 Å². The lowest BCUT2D eigenvalue weighted by Gasteiger charge is -2.28. The molecule has 0 aromatic heterocycles. The molecule has 1 aliphatic heterocycles. The largest absolute Gasteiger partial charge is 0.396 e. The average molecular weight is 197 g/mol. The maximum absolute atomic E-state index is 10.2. The van der Waals surface area contributed by atoms with Crippen LogP contribution in [0, 0.1) is 0 Å². The molecule has 0 spiro atoms. The predicted molar refractivity (Wildman–Crippen MR) is 53.0 cm³/mol. The smallest absolute Gasteiger partial charge is 0.165 e. The zero-order valence-electron chi connectivity index (χ0n) is 7.98. The van der Waals surface area contributed by atoms with Gasteiger partial charge in [-0.1, -0.05) is 0 Å². The van der Waals surface area contributed by atoms with E-state index in [1.54, 1.807) is 6.08 Å². The highest BCUT2D eigenvalue weighted by molar-refractivity contribution is 5.72. The zero-order valence-corrected chi connectivity index (χ0v) is 7.98. The molecule has 0 amide bonds. The normalized spacial score (nSPS) is 19.6. The summed E-state index contributed by atoms with van der Waals surface area (Å²) in [5.74, 6) is 0.609. The van der Waals surface area contributed by atoms with Gasteiger partial charge in [0.2, 0.25) is 0 Å². The zero-order chi connectivity index (χ0) is 10.4. The first kappa shape index (κ1) is 10.6. The summed E-state index contributed by atoms with van der Waals surface area (Å²) in [4.78, 5) is 12.2. The van der Waals surface area contributed by atoms with Crippen molar-refractivity contribution in [1.29, 1.82) is 0 Å². The number of hydrogen-bond acceptors (Lipinski definition) is 5. The van der Waals surface area contributed by atoms with Crippen molar-refractivity contribution in [3.8, 4) is 0 Å². The second-order valence-corrected chi connectivity index (χ2v) is 2.98. The van der Waals surface area contributed by atoms with E-state index in [4.69, 9.17) is 16.2 Å². The molecule has 1 aliphatic rings. The number of nitrogens with zero attached hydrogens (tertiary/aromatic N) is 1. The highest BCUT2D eigenvalue weighted by atomic mass is 16.5. The third-order valence-electron chi connectivity index (χ3n) is 1.96. The Bertz CT molecular complexity index is 255. The molecule has 0 aromatic rings. The molecule has 0 bridgehead atoms. The lowest BCUT2D eigenvalue weighted by atomic mass is 10.3. The molecule has 5 heteroatoms. The Morgan fingerprint density at radius 2 is 1.86 bits per heavy atom. The van der Waals surface area contributed by atoms with Crippen LogP contribution in [0.25, 0.3) is 0 Å². The summed E-state index contributed by atoms with van der Waals surface area (Å²) in [5.41, 5.74) is 11.2. The number of rotatable bonds is 3. The van der Waals surface area contributed by atoms with Crippen LogP contribution in [0.2, 0.25) is 0 Å². The Morgan fingerprint density at radius 1 is 1.21 bits per heavy atom. The molecule has 0 unspecified atom stereocenters. The van der Waals surface area contributed by atoms with E-state index < -0.39 is 0 Å². The molecule has 0 aliphatic carbocycles. The van der Waals surface area contributed by atoms with Crippen LogP contribution in [0.5, 0.6) is 0 Å². The monoisotopic (exact) mass is 197 g/mol. The first-order chi connectivity index (χ1) is 6.74. The van der Waals surface area contributed by atoms with E-state index >= 15 is 0 Å². The number of aldehydes is 1. The molecule has 1 fully saturated rings. The third-order valence-corrected chi connectivity index (χ3v) is 1.96. The van der Waals surface area contributed by atoms with Crippen LogP contribution in [0.3, 0.4) is 0 Å².